The van der Waals surface area contributed by atoms with E-state index in [4.69, 9.17) is 34.3 Å². The fourth-order valence-corrected chi connectivity index (χ4v) is 2.59. The Bertz CT molecular complexity index is 660. The second kappa shape index (κ2) is 6.78. The largest absolute Gasteiger partial charge is 0.497 e. The number of nitrogens with zero attached hydrogens (tertiary/aromatic N) is 1. The van der Waals surface area contributed by atoms with E-state index < -0.39 is 0 Å². The summed E-state index contributed by atoms with van der Waals surface area (Å²) in [5.74, 6) is 0.850. The zero-order valence-corrected chi connectivity index (χ0v) is 13.5. The molecule has 2 aromatic carbocycles. The standard InChI is InChI=1S/C16H17ClN2OS/c1-19(10-11-4-3-5-13(8-11)20-2)12-6-7-14(16(18)21)15(17)9-12/h3-9H,10H2,1-2H3,(H2,18,21). The number of anilines is 1. The smallest absolute Gasteiger partial charge is 0.119 e. The van der Waals surface area contributed by atoms with Crippen molar-refractivity contribution in [3.8, 4) is 5.75 Å². The molecule has 21 heavy (non-hydrogen) atoms. The Balaban J connectivity index is 2.18. The molecule has 2 aromatic rings. The molecule has 0 radical (unpaired) electrons. The fourth-order valence-electron chi connectivity index (χ4n) is 2.08. The predicted molar refractivity (Wildman–Crippen MR) is 92.4 cm³/mol. The molecule has 2 rings (SSSR count). The highest BCUT2D eigenvalue weighted by molar-refractivity contribution is 7.80. The maximum Gasteiger partial charge on any atom is 0.119 e. The van der Waals surface area contributed by atoms with E-state index in [-0.39, 0.29) is 0 Å². The van der Waals surface area contributed by atoms with Crippen LogP contribution in [-0.4, -0.2) is 19.1 Å². The second-order valence-corrected chi connectivity index (χ2v) is 5.58. The highest BCUT2D eigenvalue weighted by Gasteiger charge is 2.08. The lowest BCUT2D eigenvalue weighted by atomic mass is 10.1. The number of halogens is 1. The van der Waals surface area contributed by atoms with Gasteiger partial charge in [0.05, 0.1) is 12.1 Å². The van der Waals surface area contributed by atoms with Gasteiger partial charge in [-0.1, -0.05) is 36.0 Å². The number of benzene rings is 2. The van der Waals surface area contributed by atoms with Crippen molar-refractivity contribution in [1.82, 2.24) is 0 Å². The Labute approximate surface area is 135 Å². The average Bonchev–Trinajstić information content (AvgIpc) is 2.46. The molecule has 5 heteroatoms. The van der Waals surface area contributed by atoms with E-state index in [1.54, 1.807) is 7.11 Å². The Morgan fingerprint density at radius 3 is 2.67 bits per heavy atom. The molecule has 0 saturated heterocycles. The van der Waals surface area contributed by atoms with Gasteiger partial charge < -0.3 is 15.4 Å². The van der Waals surface area contributed by atoms with Crippen molar-refractivity contribution in [2.75, 3.05) is 19.1 Å². The Morgan fingerprint density at radius 2 is 2.05 bits per heavy atom. The van der Waals surface area contributed by atoms with Crippen LogP contribution >= 0.6 is 23.8 Å². The molecule has 0 unspecified atom stereocenters. The summed E-state index contributed by atoms with van der Waals surface area (Å²) in [4.78, 5) is 2.41. The summed E-state index contributed by atoms with van der Waals surface area (Å²) in [7, 11) is 3.67. The summed E-state index contributed by atoms with van der Waals surface area (Å²) < 4.78 is 5.24. The monoisotopic (exact) mass is 320 g/mol. The Hall–Kier alpha value is -1.78. The van der Waals surface area contributed by atoms with E-state index in [1.807, 2.05) is 43.4 Å². The highest BCUT2D eigenvalue weighted by Crippen LogP contribution is 2.24. The van der Waals surface area contributed by atoms with Gasteiger partial charge in [0.15, 0.2) is 0 Å². The number of ether oxygens (including phenoxy) is 1. The van der Waals surface area contributed by atoms with Gasteiger partial charge in [0, 0.05) is 24.8 Å². The van der Waals surface area contributed by atoms with Crippen LogP contribution in [0.4, 0.5) is 5.69 Å². The van der Waals surface area contributed by atoms with Crippen LogP contribution in [0.25, 0.3) is 0 Å². The summed E-state index contributed by atoms with van der Waals surface area (Å²) in [6.45, 7) is 0.750. The van der Waals surface area contributed by atoms with Gasteiger partial charge in [-0.05, 0) is 35.9 Å². The van der Waals surface area contributed by atoms with Gasteiger partial charge >= 0.3 is 0 Å². The van der Waals surface area contributed by atoms with E-state index in [2.05, 4.69) is 11.0 Å². The molecule has 0 heterocycles. The number of nitrogens with two attached hydrogens (primary N) is 1. The first-order valence-electron chi connectivity index (χ1n) is 6.44. The zero-order valence-electron chi connectivity index (χ0n) is 12.0. The molecule has 0 fully saturated rings. The molecule has 0 spiro atoms. The average molecular weight is 321 g/mol. The van der Waals surface area contributed by atoms with Crippen LogP contribution < -0.4 is 15.4 Å². The first-order chi connectivity index (χ1) is 10.0. The van der Waals surface area contributed by atoms with Gasteiger partial charge in [0.25, 0.3) is 0 Å². The van der Waals surface area contributed by atoms with E-state index in [1.165, 1.54) is 0 Å². The molecule has 0 aliphatic heterocycles. The minimum absolute atomic E-state index is 0.307. The van der Waals surface area contributed by atoms with Gasteiger partial charge in [-0.25, -0.2) is 0 Å². The van der Waals surface area contributed by atoms with Crippen LogP contribution in [0.5, 0.6) is 5.75 Å². The predicted octanol–water partition coefficient (Wildman–Crippen LogP) is 3.62. The molecule has 3 nitrogen and oxygen atoms in total. The molecule has 0 amide bonds. The van der Waals surface area contributed by atoms with Crippen molar-refractivity contribution >= 4 is 34.5 Å². The van der Waals surface area contributed by atoms with Crippen LogP contribution in [0, 0.1) is 0 Å². The number of hydrogen-bond acceptors (Lipinski definition) is 3. The maximum absolute atomic E-state index is 6.20. The Morgan fingerprint density at radius 1 is 1.29 bits per heavy atom. The van der Waals surface area contributed by atoms with Crippen LogP contribution in [0.15, 0.2) is 42.5 Å². The van der Waals surface area contributed by atoms with Crippen molar-refractivity contribution in [2.45, 2.75) is 6.54 Å². The van der Waals surface area contributed by atoms with Crippen LogP contribution in [0.3, 0.4) is 0 Å². The molecule has 0 aliphatic carbocycles. The summed E-state index contributed by atoms with van der Waals surface area (Å²) in [5, 5.41) is 0.567. The minimum atomic E-state index is 0.307. The highest BCUT2D eigenvalue weighted by atomic mass is 35.5. The first-order valence-corrected chi connectivity index (χ1v) is 7.23. The maximum atomic E-state index is 6.20. The summed E-state index contributed by atoms with van der Waals surface area (Å²) in [6.07, 6.45) is 0. The summed E-state index contributed by atoms with van der Waals surface area (Å²) in [6, 6.07) is 13.7. The Kier molecular flexibility index (Phi) is 5.04. The molecule has 0 aromatic heterocycles. The molecule has 2 N–H and O–H groups in total. The molecule has 0 bridgehead atoms. The zero-order chi connectivity index (χ0) is 15.4. The van der Waals surface area contributed by atoms with E-state index >= 15 is 0 Å². The van der Waals surface area contributed by atoms with E-state index in [0.717, 1.165) is 23.5 Å². The topological polar surface area (TPSA) is 38.5 Å². The van der Waals surface area contributed by atoms with Crippen molar-refractivity contribution < 1.29 is 4.74 Å². The van der Waals surface area contributed by atoms with Gasteiger partial charge in [0.2, 0.25) is 0 Å². The third-order valence-electron chi connectivity index (χ3n) is 3.21. The molecular formula is C16H17ClN2OS. The SMILES string of the molecule is COc1cccc(CN(C)c2ccc(C(N)=S)c(Cl)c2)c1. The first kappa shape index (κ1) is 15.6. The van der Waals surface area contributed by atoms with Gasteiger partial charge in [0.1, 0.15) is 10.7 Å². The van der Waals surface area contributed by atoms with Crippen LogP contribution in [0.1, 0.15) is 11.1 Å². The fraction of sp³-hybridized carbons (Fsp3) is 0.188. The quantitative estimate of drug-likeness (QED) is 0.854. The molecule has 0 saturated carbocycles. The summed E-state index contributed by atoms with van der Waals surface area (Å²) >= 11 is 11.2. The third kappa shape index (κ3) is 3.86. The minimum Gasteiger partial charge on any atom is -0.497 e. The number of thiocarbonyl (C=S) groups is 1. The molecule has 0 aliphatic rings. The molecule has 0 atom stereocenters. The van der Waals surface area contributed by atoms with Gasteiger partial charge in [-0.15, -0.1) is 0 Å². The van der Waals surface area contributed by atoms with Crippen molar-refractivity contribution in [3.05, 3.63) is 58.6 Å². The number of methoxy groups -OCH3 is 1. The van der Waals surface area contributed by atoms with Crippen LogP contribution in [-0.2, 0) is 6.54 Å². The van der Waals surface area contributed by atoms with Crippen LogP contribution in [0.2, 0.25) is 5.02 Å². The van der Waals surface area contributed by atoms with Crippen molar-refractivity contribution in [3.63, 3.8) is 0 Å². The summed E-state index contributed by atoms with van der Waals surface area (Å²) in [5.41, 5.74) is 8.48. The molecular weight excluding hydrogens is 304 g/mol. The second-order valence-electron chi connectivity index (χ2n) is 4.74. The lowest BCUT2D eigenvalue weighted by molar-refractivity contribution is 0.414. The normalized spacial score (nSPS) is 10.2. The number of rotatable bonds is 5. The third-order valence-corrected chi connectivity index (χ3v) is 3.75. The van der Waals surface area contributed by atoms with Gasteiger partial charge in [-0.2, -0.15) is 0 Å². The lowest BCUT2D eigenvalue weighted by Crippen LogP contribution is -2.17. The molecule has 110 valence electrons. The lowest BCUT2D eigenvalue weighted by Gasteiger charge is -2.20. The number of hydrogen-bond donors (Lipinski definition) is 1. The van der Waals surface area contributed by atoms with E-state index in [9.17, 15) is 0 Å². The van der Waals surface area contributed by atoms with E-state index in [0.29, 0.717) is 15.6 Å². The van der Waals surface area contributed by atoms with Crippen molar-refractivity contribution in [1.29, 1.82) is 0 Å². The van der Waals surface area contributed by atoms with Gasteiger partial charge in [-0.3, -0.25) is 0 Å². The van der Waals surface area contributed by atoms with Crippen molar-refractivity contribution in [2.24, 2.45) is 5.73 Å².